The minimum atomic E-state index is -4.15. The lowest BCUT2D eigenvalue weighted by Crippen LogP contribution is -2.34. The Labute approximate surface area is 205 Å². The standard InChI is InChI=1S/C26H27N3O5S/c1-19-20(2)28-34-26(19)29(18-33-15-14-32-3)35(30,31)25-16-22(23-10-7-13-27-17-23)11-12-24(25)21-8-5-4-6-9-21/h4-13,16-17H,14-15,18H2,1-3H3. The number of hydrogen-bond acceptors (Lipinski definition) is 7. The molecule has 2 aromatic heterocycles. The summed E-state index contributed by atoms with van der Waals surface area (Å²) in [6.07, 6.45) is 3.37. The van der Waals surface area contributed by atoms with Crippen molar-refractivity contribution < 1.29 is 22.4 Å². The molecule has 0 saturated carbocycles. The summed E-state index contributed by atoms with van der Waals surface area (Å²) in [5.74, 6) is 0.116. The lowest BCUT2D eigenvalue weighted by molar-refractivity contribution is 0.0744. The van der Waals surface area contributed by atoms with E-state index in [4.69, 9.17) is 14.0 Å². The Morgan fingerprint density at radius 1 is 0.943 bits per heavy atom. The number of nitrogens with zero attached hydrogens (tertiary/aromatic N) is 3. The number of methoxy groups -OCH3 is 1. The normalized spacial score (nSPS) is 11.5. The molecule has 0 unspecified atom stereocenters. The quantitative estimate of drug-likeness (QED) is 0.230. The van der Waals surface area contributed by atoms with Crippen molar-refractivity contribution in [2.45, 2.75) is 18.7 Å². The molecule has 0 radical (unpaired) electrons. The van der Waals surface area contributed by atoms with Crippen LogP contribution in [0.3, 0.4) is 0 Å². The van der Waals surface area contributed by atoms with Gasteiger partial charge in [-0.05, 0) is 37.1 Å². The van der Waals surface area contributed by atoms with Crippen LogP contribution in [-0.2, 0) is 19.5 Å². The molecule has 8 nitrogen and oxygen atoms in total. The number of anilines is 1. The number of ether oxygens (including phenoxy) is 2. The second-order valence-electron chi connectivity index (χ2n) is 7.90. The van der Waals surface area contributed by atoms with Gasteiger partial charge in [-0.15, -0.1) is 0 Å². The molecule has 4 aromatic rings. The molecule has 0 bridgehead atoms. The zero-order chi connectivity index (χ0) is 24.8. The van der Waals surface area contributed by atoms with Gasteiger partial charge in [-0.25, -0.2) is 12.7 Å². The maximum Gasteiger partial charge on any atom is 0.269 e. The zero-order valence-electron chi connectivity index (χ0n) is 19.8. The van der Waals surface area contributed by atoms with Crippen molar-refractivity contribution in [1.29, 1.82) is 0 Å². The van der Waals surface area contributed by atoms with Crippen LogP contribution in [0.4, 0.5) is 5.88 Å². The number of benzene rings is 2. The Hall–Kier alpha value is -3.53. The van der Waals surface area contributed by atoms with Gasteiger partial charge < -0.3 is 14.0 Å². The molecule has 0 aliphatic rings. The average Bonchev–Trinajstić information content (AvgIpc) is 3.22. The first-order valence-electron chi connectivity index (χ1n) is 11.1. The van der Waals surface area contributed by atoms with Crippen molar-refractivity contribution in [3.05, 3.63) is 84.3 Å². The highest BCUT2D eigenvalue weighted by Crippen LogP contribution is 2.36. The molecule has 0 aliphatic heterocycles. The van der Waals surface area contributed by atoms with E-state index in [9.17, 15) is 8.42 Å². The third-order valence-electron chi connectivity index (χ3n) is 5.63. The Balaban J connectivity index is 1.88. The highest BCUT2D eigenvalue weighted by Gasteiger charge is 2.32. The lowest BCUT2D eigenvalue weighted by atomic mass is 10.0. The third-order valence-corrected chi connectivity index (χ3v) is 7.37. The summed E-state index contributed by atoms with van der Waals surface area (Å²) in [5, 5.41) is 3.96. The van der Waals surface area contributed by atoms with Crippen LogP contribution in [-0.4, -0.2) is 45.6 Å². The number of rotatable bonds is 10. The van der Waals surface area contributed by atoms with E-state index in [1.807, 2.05) is 54.6 Å². The highest BCUT2D eigenvalue weighted by atomic mass is 32.2. The van der Waals surface area contributed by atoms with Gasteiger partial charge in [0.15, 0.2) is 0 Å². The Morgan fingerprint density at radius 3 is 2.37 bits per heavy atom. The second-order valence-corrected chi connectivity index (χ2v) is 9.73. The SMILES string of the molecule is COCCOCN(c1onc(C)c1C)S(=O)(=O)c1cc(-c2cccnc2)ccc1-c1ccccc1. The van der Waals surface area contributed by atoms with Gasteiger partial charge in [0.05, 0.1) is 23.8 Å². The summed E-state index contributed by atoms with van der Waals surface area (Å²) in [6.45, 7) is 3.82. The van der Waals surface area contributed by atoms with Crippen LogP contribution >= 0.6 is 0 Å². The van der Waals surface area contributed by atoms with Crippen LogP contribution in [0.2, 0.25) is 0 Å². The maximum absolute atomic E-state index is 14.2. The van der Waals surface area contributed by atoms with Crippen LogP contribution in [0.5, 0.6) is 0 Å². The largest absolute Gasteiger partial charge is 0.382 e. The number of aryl methyl sites for hydroxylation is 1. The molecule has 2 aromatic carbocycles. The summed E-state index contributed by atoms with van der Waals surface area (Å²) < 4.78 is 45.8. The number of pyridine rings is 1. The molecule has 2 heterocycles. The van der Waals surface area contributed by atoms with Crippen molar-refractivity contribution in [3.63, 3.8) is 0 Å². The van der Waals surface area contributed by atoms with Gasteiger partial charge in [-0.1, -0.05) is 53.7 Å². The molecular weight excluding hydrogens is 466 g/mol. The third kappa shape index (κ3) is 5.27. The van der Waals surface area contributed by atoms with Crippen LogP contribution in [0, 0.1) is 13.8 Å². The minimum Gasteiger partial charge on any atom is -0.382 e. The molecule has 0 fully saturated rings. The summed E-state index contributed by atoms with van der Waals surface area (Å²) in [5.41, 5.74) is 4.09. The van der Waals surface area contributed by atoms with Crippen molar-refractivity contribution in [3.8, 4) is 22.3 Å². The molecule has 0 aliphatic carbocycles. The van der Waals surface area contributed by atoms with Crippen molar-refractivity contribution >= 4 is 15.9 Å². The van der Waals surface area contributed by atoms with E-state index in [0.29, 0.717) is 23.4 Å². The van der Waals surface area contributed by atoms with Gasteiger partial charge in [-0.3, -0.25) is 4.98 Å². The molecule has 182 valence electrons. The molecular formula is C26H27N3O5S. The molecule has 0 N–H and O–H groups in total. The van der Waals surface area contributed by atoms with E-state index in [0.717, 1.165) is 21.0 Å². The second kappa shape index (κ2) is 10.8. The minimum absolute atomic E-state index is 0.116. The van der Waals surface area contributed by atoms with E-state index in [-0.39, 0.29) is 24.1 Å². The molecule has 0 amide bonds. The van der Waals surface area contributed by atoms with E-state index < -0.39 is 10.0 Å². The van der Waals surface area contributed by atoms with Gasteiger partial charge in [-0.2, -0.15) is 0 Å². The fourth-order valence-corrected chi connectivity index (χ4v) is 5.17. The summed E-state index contributed by atoms with van der Waals surface area (Å²) in [7, 11) is -2.59. The smallest absolute Gasteiger partial charge is 0.269 e. The number of aromatic nitrogens is 2. The number of sulfonamides is 1. The predicted octanol–water partition coefficient (Wildman–Crippen LogP) is 4.84. The molecule has 9 heteroatoms. The fourth-order valence-electron chi connectivity index (χ4n) is 3.59. The monoisotopic (exact) mass is 493 g/mol. The van der Waals surface area contributed by atoms with Gasteiger partial charge in [0, 0.05) is 36.2 Å². The lowest BCUT2D eigenvalue weighted by Gasteiger charge is -2.24. The molecule has 0 saturated heterocycles. The van der Waals surface area contributed by atoms with Crippen molar-refractivity contribution in [2.75, 3.05) is 31.4 Å². The predicted molar refractivity (Wildman–Crippen MR) is 133 cm³/mol. The maximum atomic E-state index is 14.2. The van der Waals surface area contributed by atoms with Gasteiger partial charge in [0.25, 0.3) is 10.0 Å². The first-order valence-corrected chi connectivity index (χ1v) is 12.5. The molecule has 0 atom stereocenters. The fraction of sp³-hybridized carbons (Fsp3) is 0.231. The van der Waals surface area contributed by atoms with Crippen LogP contribution < -0.4 is 4.31 Å². The Bertz CT molecular complexity index is 1370. The van der Waals surface area contributed by atoms with Crippen LogP contribution in [0.15, 0.2) is 82.5 Å². The zero-order valence-corrected chi connectivity index (χ0v) is 20.7. The average molecular weight is 494 g/mol. The first-order chi connectivity index (χ1) is 16.9. The van der Waals surface area contributed by atoms with E-state index in [1.54, 1.807) is 39.4 Å². The van der Waals surface area contributed by atoms with Crippen molar-refractivity contribution in [2.24, 2.45) is 0 Å². The van der Waals surface area contributed by atoms with Gasteiger partial charge in [0.1, 0.15) is 6.73 Å². The topological polar surface area (TPSA) is 94.8 Å². The van der Waals surface area contributed by atoms with Gasteiger partial charge >= 0.3 is 0 Å². The van der Waals surface area contributed by atoms with E-state index in [1.165, 1.54) is 0 Å². The summed E-state index contributed by atoms with van der Waals surface area (Å²) in [6, 6.07) is 18.4. The Morgan fingerprint density at radius 2 is 1.71 bits per heavy atom. The van der Waals surface area contributed by atoms with Crippen molar-refractivity contribution in [1.82, 2.24) is 10.1 Å². The summed E-state index contributed by atoms with van der Waals surface area (Å²) >= 11 is 0. The van der Waals surface area contributed by atoms with Gasteiger partial charge in [0.2, 0.25) is 5.88 Å². The molecule has 0 spiro atoms. The van der Waals surface area contributed by atoms with Crippen LogP contribution in [0.1, 0.15) is 11.3 Å². The Kier molecular flexibility index (Phi) is 7.60. The van der Waals surface area contributed by atoms with E-state index >= 15 is 0 Å². The van der Waals surface area contributed by atoms with Crippen LogP contribution in [0.25, 0.3) is 22.3 Å². The number of hydrogen-bond donors (Lipinski definition) is 0. The summed E-state index contributed by atoms with van der Waals surface area (Å²) in [4.78, 5) is 4.29. The molecule has 35 heavy (non-hydrogen) atoms. The van der Waals surface area contributed by atoms with E-state index in [2.05, 4.69) is 10.1 Å². The molecule has 4 rings (SSSR count). The first kappa shape index (κ1) is 24.6. The highest BCUT2D eigenvalue weighted by molar-refractivity contribution is 7.93.